The summed E-state index contributed by atoms with van der Waals surface area (Å²) in [5, 5.41) is 15.7. The molecule has 0 amide bonds. The average molecular weight is 508 g/mol. The van der Waals surface area contributed by atoms with Gasteiger partial charge in [-0.1, -0.05) is 18.2 Å². The third-order valence-electron chi connectivity index (χ3n) is 4.61. The zero-order valence-electron chi connectivity index (χ0n) is 16.8. The number of nitrogens with zero attached hydrogens (tertiary/aromatic N) is 2. The van der Waals surface area contributed by atoms with E-state index in [4.69, 9.17) is 10.00 Å². The van der Waals surface area contributed by atoms with E-state index < -0.39 is 0 Å². The summed E-state index contributed by atoms with van der Waals surface area (Å²) < 4.78 is 20.1. The van der Waals surface area contributed by atoms with Gasteiger partial charge in [0.25, 0.3) is 0 Å². The van der Waals surface area contributed by atoms with E-state index in [0.29, 0.717) is 23.6 Å². The monoisotopic (exact) mass is 508 g/mol. The van der Waals surface area contributed by atoms with Gasteiger partial charge in [0.1, 0.15) is 17.2 Å². The third-order valence-corrected chi connectivity index (χ3v) is 4.61. The van der Waals surface area contributed by atoms with Crippen LogP contribution in [0.5, 0.6) is 5.75 Å². The molecule has 29 heavy (non-hydrogen) atoms. The first-order valence-electron chi connectivity index (χ1n) is 9.43. The molecule has 0 saturated heterocycles. The quantitative estimate of drug-likeness (QED) is 0.358. The summed E-state index contributed by atoms with van der Waals surface area (Å²) in [5.41, 5.74) is 1.58. The van der Waals surface area contributed by atoms with Crippen LogP contribution in [0.1, 0.15) is 49.9 Å². The molecule has 1 aliphatic rings. The molecule has 3 rings (SSSR count). The number of benzene rings is 2. The van der Waals surface area contributed by atoms with Crippen molar-refractivity contribution in [3.05, 3.63) is 65.0 Å². The molecule has 0 radical (unpaired) electrons. The van der Waals surface area contributed by atoms with Crippen LogP contribution in [0.4, 0.5) is 4.39 Å². The maximum Gasteiger partial charge on any atom is 0.192 e. The highest BCUT2D eigenvalue weighted by atomic mass is 127. The van der Waals surface area contributed by atoms with Crippen LogP contribution in [0, 0.1) is 17.1 Å². The third kappa shape index (κ3) is 5.82. The first-order chi connectivity index (χ1) is 13.4. The van der Waals surface area contributed by atoms with Crippen LogP contribution < -0.4 is 15.4 Å². The average Bonchev–Trinajstić information content (AvgIpc) is 2.66. The molecule has 1 unspecified atom stereocenters. The zero-order valence-corrected chi connectivity index (χ0v) is 19.2. The summed E-state index contributed by atoms with van der Waals surface area (Å²) >= 11 is 0. The number of ether oxygens (including phenoxy) is 1. The second-order valence-electron chi connectivity index (χ2n) is 7.41. The summed E-state index contributed by atoms with van der Waals surface area (Å²) in [7, 11) is 0. The smallest absolute Gasteiger partial charge is 0.192 e. The molecule has 1 heterocycles. The fourth-order valence-electron chi connectivity index (χ4n) is 3.35. The van der Waals surface area contributed by atoms with E-state index in [9.17, 15) is 4.39 Å². The van der Waals surface area contributed by atoms with Crippen molar-refractivity contribution in [2.75, 3.05) is 6.54 Å². The fraction of sp³-hybridized carbons (Fsp3) is 0.364. The second kappa shape index (κ2) is 9.92. The van der Waals surface area contributed by atoms with E-state index in [1.165, 1.54) is 18.2 Å². The Kier molecular flexibility index (Phi) is 7.85. The van der Waals surface area contributed by atoms with Gasteiger partial charge in [0.2, 0.25) is 0 Å². The lowest BCUT2D eigenvalue weighted by molar-refractivity contribution is 0.0694. The molecule has 154 valence electrons. The van der Waals surface area contributed by atoms with Crippen LogP contribution in [-0.2, 0) is 6.54 Å². The summed E-state index contributed by atoms with van der Waals surface area (Å²) in [6.07, 6.45) is 0.771. The van der Waals surface area contributed by atoms with Gasteiger partial charge in [0.05, 0.1) is 24.2 Å². The lowest BCUT2D eigenvalue weighted by Gasteiger charge is -2.38. The normalized spacial score (nSPS) is 17.2. The Bertz CT molecular complexity index is 923. The number of para-hydroxylation sites is 1. The van der Waals surface area contributed by atoms with Gasteiger partial charge in [0, 0.05) is 24.1 Å². The van der Waals surface area contributed by atoms with E-state index in [1.807, 2.05) is 37.3 Å². The lowest BCUT2D eigenvalue weighted by Crippen LogP contribution is -2.45. The van der Waals surface area contributed by atoms with E-state index in [2.05, 4.69) is 29.5 Å². The minimum absolute atomic E-state index is 0. The molecule has 0 aromatic heterocycles. The van der Waals surface area contributed by atoms with Crippen LogP contribution in [0.2, 0.25) is 0 Å². The van der Waals surface area contributed by atoms with Crippen LogP contribution in [0.15, 0.2) is 47.5 Å². The topological polar surface area (TPSA) is 69.4 Å². The number of aliphatic imine (C=N–C) groups is 1. The van der Waals surface area contributed by atoms with Crippen molar-refractivity contribution in [1.82, 2.24) is 10.6 Å². The highest BCUT2D eigenvalue weighted by Gasteiger charge is 2.33. The Labute approximate surface area is 188 Å². The van der Waals surface area contributed by atoms with Crippen molar-refractivity contribution in [2.24, 2.45) is 4.99 Å². The number of rotatable bonds is 4. The standard InChI is InChI=1S/C22H25FN4O.HI/c1-4-25-21(26-14-16-11-15(13-24)9-10-18(16)23)27-19-12-22(2,3)28-20-8-6-5-7-17(19)20;/h5-11,19H,4,12,14H2,1-3H3,(H2,25,26,27);1H. The number of fused-ring (bicyclic) bond motifs is 1. The zero-order chi connectivity index (χ0) is 20.1. The van der Waals surface area contributed by atoms with Gasteiger partial charge in [-0.3, -0.25) is 0 Å². The molecule has 2 N–H and O–H groups in total. The van der Waals surface area contributed by atoms with Crippen LogP contribution >= 0.6 is 24.0 Å². The molecule has 5 nitrogen and oxygen atoms in total. The van der Waals surface area contributed by atoms with Gasteiger partial charge in [-0.05, 0) is 45.0 Å². The molecule has 1 aliphatic heterocycles. The highest BCUT2D eigenvalue weighted by Crippen LogP contribution is 2.39. The van der Waals surface area contributed by atoms with E-state index >= 15 is 0 Å². The first kappa shape index (κ1) is 22.9. The molecule has 0 saturated carbocycles. The van der Waals surface area contributed by atoms with Gasteiger partial charge < -0.3 is 15.4 Å². The maximum absolute atomic E-state index is 14.1. The van der Waals surface area contributed by atoms with Crippen LogP contribution in [0.3, 0.4) is 0 Å². The molecule has 7 heteroatoms. The number of nitriles is 1. The Morgan fingerprint density at radius 3 is 2.79 bits per heavy atom. The Morgan fingerprint density at radius 1 is 1.31 bits per heavy atom. The summed E-state index contributed by atoms with van der Waals surface area (Å²) in [4.78, 5) is 4.54. The van der Waals surface area contributed by atoms with Gasteiger partial charge in [-0.15, -0.1) is 24.0 Å². The number of hydrogen-bond donors (Lipinski definition) is 2. The van der Waals surface area contributed by atoms with Gasteiger partial charge >= 0.3 is 0 Å². The minimum atomic E-state index is -0.365. The van der Waals surface area contributed by atoms with Crippen LogP contribution in [0.25, 0.3) is 0 Å². The lowest BCUT2D eigenvalue weighted by atomic mass is 9.90. The number of nitrogens with one attached hydrogen (secondary N) is 2. The summed E-state index contributed by atoms with van der Waals surface area (Å²) in [6.45, 7) is 6.93. The predicted molar refractivity (Wildman–Crippen MR) is 123 cm³/mol. The molecular formula is C22H26FIN4O. The Balaban J connectivity index is 0.00000300. The molecule has 0 spiro atoms. The fourth-order valence-corrected chi connectivity index (χ4v) is 3.35. The van der Waals surface area contributed by atoms with Gasteiger partial charge in [0.15, 0.2) is 5.96 Å². The first-order valence-corrected chi connectivity index (χ1v) is 9.43. The molecule has 0 bridgehead atoms. The predicted octanol–water partition coefficient (Wildman–Crippen LogP) is 4.67. The van der Waals surface area contributed by atoms with E-state index in [-0.39, 0.29) is 48.0 Å². The van der Waals surface area contributed by atoms with Crippen molar-refractivity contribution < 1.29 is 9.13 Å². The van der Waals surface area contributed by atoms with Crippen LogP contribution in [-0.4, -0.2) is 18.1 Å². The Hall–Kier alpha value is -2.34. The largest absolute Gasteiger partial charge is 0.487 e. The Morgan fingerprint density at radius 2 is 2.07 bits per heavy atom. The van der Waals surface area contributed by atoms with E-state index in [0.717, 1.165) is 17.7 Å². The molecule has 0 fully saturated rings. The number of hydrogen-bond acceptors (Lipinski definition) is 3. The summed E-state index contributed by atoms with van der Waals surface area (Å²) in [6, 6.07) is 14.3. The van der Waals surface area contributed by atoms with Crippen molar-refractivity contribution in [3.8, 4) is 11.8 Å². The van der Waals surface area contributed by atoms with Crippen molar-refractivity contribution in [3.63, 3.8) is 0 Å². The molecule has 1 atom stereocenters. The maximum atomic E-state index is 14.1. The second-order valence-corrected chi connectivity index (χ2v) is 7.41. The SMILES string of the molecule is CCNC(=NCc1cc(C#N)ccc1F)NC1CC(C)(C)Oc2ccccc21.I. The molecule has 2 aromatic rings. The molecular weight excluding hydrogens is 482 g/mol. The number of guanidine groups is 1. The van der Waals surface area contributed by atoms with E-state index in [1.54, 1.807) is 0 Å². The highest BCUT2D eigenvalue weighted by molar-refractivity contribution is 14.0. The van der Waals surface area contributed by atoms with Crippen molar-refractivity contribution in [2.45, 2.75) is 45.4 Å². The van der Waals surface area contributed by atoms with Gasteiger partial charge in [-0.2, -0.15) is 5.26 Å². The minimum Gasteiger partial charge on any atom is -0.487 e. The molecule has 0 aliphatic carbocycles. The van der Waals surface area contributed by atoms with Gasteiger partial charge in [-0.25, -0.2) is 9.38 Å². The van der Waals surface area contributed by atoms with Crippen molar-refractivity contribution in [1.29, 1.82) is 5.26 Å². The van der Waals surface area contributed by atoms with Crippen molar-refractivity contribution >= 4 is 29.9 Å². The number of halogens is 2. The summed E-state index contributed by atoms with van der Waals surface area (Å²) in [5.74, 6) is 1.10. The molecule has 2 aromatic carbocycles.